The van der Waals surface area contributed by atoms with Gasteiger partial charge in [0.1, 0.15) is 0 Å². The fraction of sp³-hybridized carbons (Fsp3) is 0. The van der Waals surface area contributed by atoms with Crippen molar-refractivity contribution in [3.63, 3.8) is 0 Å². The van der Waals surface area contributed by atoms with E-state index in [-0.39, 0.29) is 8.56 Å². The Labute approximate surface area is 198 Å². The molecule has 0 aliphatic carbocycles. The first-order valence-electron chi connectivity index (χ1n) is 2.35. The molecule has 0 unspecified atom stereocenters. The van der Waals surface area contributed by atoms with Gasteiger partial charge in [-0.1, -0.05) is 0 Å². The summed E-state index contributed by atoms with van der Waals surface area (Å²) in [6.45, 7) is 0. The Balaban J connectivity index is -0.00000000696. The molecule has 0 aromatic carbocycles. The SMILES string of the molecule is O=S(=O)([O-])[O-].O=S(=O)([O-])[O-].[H-].[H-].[H-].[H-].[H-].[H-].[O]=[Zr+2].[O]=[Zr+2].[O]=[Zr+2].[O]=[Zr+2].[O]=[Zr+2]. The van der Waals surface area contributed by atoms with Gasteiger partial charge in [0.2, 0.25) is 0 Å². The van der Waals surface area contributed by atoms with Crippen LogP contribution in [-0.2, 0) is 158 Å². The van der Waals surface area contributed by atoms with E-state index >= 15 is 0 Å². The van der Waals surface area contributed by atoms with Crippen molar-refractivity contribution in [3.05, 3.63) is 0 Å². The molecule has 116 valence electrons. The molecule has 0 bridgehead atoms. The van der Waals surface area contributed by atoms with E-state index in [1.54, 1.807) is 0 Å². The molecule has 0 fully saturated rings. The second-order valence-electron chi connectivity index (χ2n) is 0.816. The molecule has 0 heterocycles. The topological polar surface area (TPSA) is 246 Å². The Morgan fingerprint density at radius 2 is 0.450 bits per heavy atom. The van der Waals surface area contributed by atoms with Crippen LogP contribution in [0.25, 0.3) is 0 Å². The molecule has 0 aliphatic heterocycles. The number of hydrogen-bond donors (Lipinski definition) is 0. The molecule has 20 heteroatoms. The Bertz CT molecular complexity index is 294. The summed E-state index contributed by atoms with van der Waals surface area (Å²) in [5.41, 5.74) is 0. The maximum atomic E-state index is 8.52. The van der Waals surface area contributed by atoms with E-state index in [0.717, 1.165) is 0 Å². The molecular weight excluding hydrogens is 728 g/mol. The van der Waals surface area contributed by atoms with Crippen molar-refractivity contribution in [1.82, 2.24) is 0 Å². The summed E-state index contributed by atoms with van der Waals surface area (Å²) in [6, 6.07) is 0. The summed E-state index contributed by atoms with van der Waals surface area (Å²) < 4.78 is 110. The van der Waals surface area contributed by atoms with E-state index in [2.05, 4.69) is 0 Å². The van der Waals surface area contributed by atoms with Gasteiger partial charge in [0.25, 0.3) is 0 Å². The Kier molecular flexibility index (Phi) is 94.0. The van der Waals surface area contributed by atoms with Crippen molar-refractivity contribution >= 4 is 20.8 Å². The van der Waals surface area contributed by atoms with Gasteiger partial charge in [-0.3, -0.25) is 16.8 Å². The molecule has 0 atom stereocenters. The van der Waals surface area contributed by atoms with Gasteiger partial charge >= 0.3 is 138 Å². The van der Waals surface area contributed by atoms with Gasteiger partial charge < -0.3 is 26.8 Å². The van der Waals surface area contributed by atoms with Gasteiger partial charge in [0.05, 0.1) is 0 Å². The third kappa shape index (κ3) is 863. The molecule has 0 rings (SSSR count). The van der Waals surface area contributed by atoms with Gasteiger partial charge in [-0.2, -0.15) is 0 Å². The van der Waals surface area contributed by atoms with E-state index in [1.165, 1.54) is 0 Å². The average molecular weight is 734 g/mol. The van der Waals surface area contributed by atoms with E-state index < -0.39 is 20.8 Å². The van der Waals surface area contributed by atoms with Gasteiger partial charge in [0, 0.05) is 20.8 Å². The van der Waals surface area contributed by atoms with Gasteiger partial charge in [-0.15, -0.1) is 0 Å². The number of rotatable bonds is 0. The van der Waals surface area contributed by atoms with Crippen molar-refractivity contribution in [3.8, 4) is 0 Å². The normalized spacial score (nSPS) is 7.30. The number of hydrogen-bond acceptors (Lipinski definition) is 13. The molecule has 0 aromatic rings. The van der Waals surface area contributed by atoms with E-state index in [4.69, 9.17) is 49.1 Å². The monoisotopic (exact) mass is 727 g/mol. The molecule has 0 saturated heterocycles. The summed E-state index contributed by atoms with van der Waals surface area (Å²) in [5, 5.41) is 0. The Morgan fingerprint density at radius 1 is 0.450 bits per heavy atom. The minimum absolute atomic E-state index is 0. The van der Waals surface area contributed by atoms with Gasteiger partial charge in [-0.05, 0) is 0 Å². The van der Waals surface area contributed by atoms with Crippen LogP contribution in [0.4, 0.5) is 0 Å². The summed E-state index contributed by atoms with van der Waals surface area (Å²) >= 11 is 1.50. The van der Waals surface area contributed by atoms with E-state index in [1.807, 2.05) is 0 Å². The van der Waals surface area contributed by atoms with Crippen LogP contribution in [0, 0.1) is 0 Å². The third-order valence-corrected chi connectivity index (χ3v) is 0. The van der Waals surface area contributed by atoms with Crippen LogP contribution in [0.15, 0.2) is 0 Å². The molecule has 0 N–H and O–H groups in total. The Morgan fingerprint density at radius 3 is 0.450 bits per heavy atom. The quantitative estimate of drug-likeness (QED) is 0.183. The van der Waals surface area contributed by atoms with Crippen molar-refractivity contribution in [2.75, 3.05) is 0 Å². The summed E-state index contributed by atoms with van der Waals surface area (Å²) in [6.07, 6.45) is 0. The first kappa shape index (κ1) is 43.5. The second-order valence-corrected chi connectivity index (χ2v) is 2.45. The fourth-order valence-corrected chi connectivity index (χ4v) is 0. The van der Waals surface area contributed by atoms with Crippen molar-refractivity contribution in [2.45, 2.75) is 0 Å². The predicted molar refractivity (Wildman–Crippen MR) is 31.1 cm³/mol. The van der Waals surface area contributed by atoms with Crippen LogP contribution in [0.5, 0.6) is 0 Å². The van der Waals surface area contributed by atoms with Crippen molar-refractivity contribution < 1.29 is 181 Å². The molecule has 0 aliphatic rings. The zero-order valence-corrected chi connectivity index (χ0v) is 22.5. The first-order valence-corrected chi connectivity index (χ1v) is 10.0. The van der Waals surface area contributed by atoms with Crippen LogP contribution in [0.1, 0.15) is 8.56 Å². The zero-order chi connectivity index (χ0) is 19.0. The Hall–Kier alpha value is 3.16. The molecule has 0 amide bonds. The molecular formula is H6O13S2Zr5. The van der Waals surface area contributed by atoms with E-state index in [9.17, 15) is 0 Å². The molecule has 0 spiro atoms. The second kappa shape index (κ2) is 43.2. The van der Waals surface area contributed by atoms with Crippen molar-refractivity contribution in [1.29, 1.82) is 0 Å². The average Bonchev–Trinajstić information content (AvgIpc) is 2.37. The molecule has 13 nitrogen and oxygen atoms in total. The first-order chi connectivity index (χ1) is 9.00. The molecule has 0 radical (unpaired) electrons. The molecule has 0 aromatic heterocycles. The van der Waals surface area contributed by atoms with Crippen LogP contribution in [0.2, 0.25) is 0 Å². The van der Waals surface area contributed by atoms with Crippen LogP contribution in [-0.4, -0.2) is 35.0 Å². The summed E-state index contributed by atoms with van der Waals surface area (Å²) in [7, 11) is -10.3. The maximum absolute atomic E-state index is 8.52. The molecule has 0 saturated carbocycles. The molecule has 20 heavy (non-hydrogen) atoms. The third-order valence-electron chi connectivity index (χ3n) is 0. The standard InChI is InChI=1S/2H2O4S.5O.5Zr.6H/c2*1-5(2,3)4;;;;;;;;;;;;;;;;/h2*(H2,1,2,3,4);;;;;;;;;;;;;;;;/q;;;;;;;5*+2;6*-1/p-4. The van der Waals surface area contributed by atoms with Gasteiger partial charge in [-0.25, -0.2) is 0 Å². The minimum atomic E-state index is -5.17. The summed E-state index contributed by atoms with van der Waals surface area (Å²) in [4.78, 5) is 0. The fourth-order valence-electron chi connectivity index (χ4n) is 0. The van der Waals surface area contributed by atoms with Crippen molar-refractivity contribution in [2.24, 2.45) is 0 Å². The van der Waals surface area contributed by atoms with Crippen LogP contribution < -0.4 is 0 Å². The van der Waals surface area contributed by atoms with E-state index in [0.29, 0.717) is 124 Å². The van der Waals surface area contributed by atoms with Crippen LogP contribution >= 0.6 is 0 Å². The zero-order valence-electron chi connectivity index (χ0n) is 14.6. The predicted octanol–water partition coefficient (Wildman–Crippen LogP) is -2.61. The van der Waals surface area contributed by atoms with Gasteiger partial charge in [0.15, 0.2) is 0 Å². The van der Waals surface area contributed by atoms with Crippen LogP contribution in [0.3, 0.4) is 0 Å². The summed E-state index contributed by atoms with van der Waals surface area (Å²) in [5.74, 6) is 0.